The number of carbonyl (C=O) groups is 2. The Hall–Kier alpha value is -2.69. The average Bonchev–Trinajstić information content (AvgIpc) is 2.67. The first-order valence-electron chi connectivity index (χ1n) is 9.20. The molecule has 0 spiro atoms. The molecule has 1 aromatic heterocycles. The number of rotatable bonds is 7. The van der Waals surface area contributed by atoms with Crippen molar-refractivity contribution in [3.8, 4) is 0 Å². The molecule has 0 aliphatic carbocycles. The van der Waals surface area contributed by atoms with Crippen LogP contribution in [0, 0.1) is 0 Å². The molecule has 26 heavy (non-hydrogen) atoms. The molecule has 0 saturated carbocycles. The van der Waals surface area contributed by atoms with Gasteiger partial charge in [-0.3, -0.25) is 9.59 Å². The summed E-state index contributed by atoms with van der Waals surface area (Å²) in [4.78, 5) is 29.2. The Morgan fingerprint density at radius 1 is 0.923 bits per heavy atom. The third-order valence-electron chi connectivity index (χ3n) is 4.44. The number of aryl methyl sites for hydroxylation is 2. The van der Waals surface area contributed by atoms with Crippen molar-refractivity contribution in [2.75, 3.05) is 5.32 Å². The van der Waals surface area contributed by atoms with Gasteiger partial charge in [0.2, 0.25) is 0 Å². The number of amides is 2. The quantitative estimate of drug-likeness (QED) is 0.791. The van der Waals surface area contributed by atoms with E-state index in [4.69, 9.17) is 0 Å². The smallest absolute Gasteiger partial charge is 0.274 e. The second kappa shape index (κ2) is 9.13. The number of nitrogens with one attached hydrogen (secondary N) is 2. The topological polar surface area (TPSA) is 71.1 Å². The number of anilines is 1. The molecule has 0 aliphatic rings. The molecular formula is C21H27N3O2. The van der Waals surface area contributed by atoms with Crippen LogP contribution in [0.1, 0.15) is 66.2 Å². The molecule has 0 radical (unpaired) electrons. The van der Waals surface area contributed by atoms with Crippen LogP contribution < -0.4 is 10.6 Å². The van der Waals surface area contributed by atoms with E-state index in [1.807, 2.05) is 32.0 Å². The maximum Gasteiger partial charge on any atom is 0.274 e. The summed E-state index contributed by atoms with van der Waals surface area (Å²) < 4.78 is 0. The minimum Gasteiger partial charge on any atom is -0.348 e. The van der Waals surface area contributed by atoms with Gasteiger partial charge >= 0.3 is 0 Å². The van der Waals surface area contributed by atoms with Gasteiger partial charge in [-0.05, 0) is 49.4 Å². The molecule has 1 unspecified atom stereocenters. The first kappa shape index (κ1) is 19.6. The number of pyridine rings is 1. The van der Waals surface area contributed by atoms with Gasteiger partial charge in [0, 0.05) is 11.7 Å². The van der Waals surface area contributed by atoms with Crippen molar-refractivity contribution < 1.29 is 9.59 Å². The molecule has 138 valence electrons. The van der Waals surface area contributed by atoms with Gasteiger partial charge in [0.25, 0.3) is 11.8 Å². The molecule has 5 nitrogen and oxygen atoms in total. The van der Waals surface area contributed by atoms with Crippen molar-refractivity contribution in [2.24, 2.45) is 0 Å². The average molecular weight is 353 g/mol. The van der Waals surface area contributed by atoms with Crippen LogP contribution in [0.5, 0.6) is 0 Å². The highest BCUT2D eigenvalue weighted by Gasteiger charge is 2.16. The fourth-order valence-electron chi connectivity index (χ4n) is 2.67. The fourth-order valence-corrected chi connectivity index (χ4v) is 2.67. The first-order chi connectivity index (χ1) is 12.5. The minimum atomic E-state index is -0.307. The second-order valence-corrected chi connectivity index (χ2v) is 6.30. The van der Waals surface area contributed by atoms with Gasteiger partial charge in [-0.15, -0.1) is 0 Å². The number of para-hydroxylation sites is 1. The van der Waals surface area contributed by atoms with E-state index in [-0.39, 0.29) is 29.2 Å². The van der Waals surface area contributed by atoms with Gasteiger partial charge in [0.05, 0.1) is 0 Å². The molecule has 2 aromatic rings. The first-order valence-corrected chi connectivity index (χ1v) is 9.20. The van der Waals surface area contributed by atoms with E-state index in [0.29, 0.717) is 0 Å². The van der Waals surface area contributed by atoms with Crippen LogP contribution in [0.25, 0.3) is 0 Å². The fraction of sp³-hybridized carbons (Fsp3) is 0.381. The van der Waals surface area contributed by atoms with Gasteiger partial charge < -0.3 is 10.6 Å². The lowest BCUT2D eigenvalue weighted by Crippen LogP contribution is -2.32. The molecular weight excluding hydrogens is 326 g/mol. The van der Waals surface area contributed by atoms with E-state index in [9.17, 15) is 9.59 Å². The van der Waals surface area contributed by atoms with Crippen molar-refractivity contribution >= 4 is 17.5 Å². The summed E-state index contributed by atoms with van der Waals surface area (Å²) >= 11 is 0. The van der Waals surface area contributed by atoms with Crippen molar-refractivity contribution in [2.45, 2.75) is 53.0 Å². The van der Waals surface area contributed by atoms with Crippen LogP contribution in [0.3, 0.4) is 0 Å². The van der Waals surface area contributed by atoms with Crippen LogP contribution in [-0.4, -0.2) is 22.8 Å². The molecule has 1 aromatic carbocycles. The number of carbonyl (C=O) groups excluding carboxylic acids is 2. The summed E-state index contributed by atoms with van der Waals surface area (Å²) in [5.74, 6) is -0.573. The highest BCUT2D eigenvalue weighted by atomic mass is 16.2. The maximum atomic E-state index is 12.7. The normalized spacial score (nSPS) is 11.7. The molecule has 0 bridgehead atoms. The van der Waals surface area contributed by atoms with Gasteiger partial charge in [0.15, 0.2) is 0 Å². The Bertz CT molecular complexity index is 764. The zero-order valence-electron chi connectivity index (χ0n) is 15.9. The van der Waals surface area contributed by atoms with Gasteiger partial charge in [-0.25, -0.2) is 4.98 Å². The Labute approximate surface area is 155 Å². The Morgan fingerprint density at radius 2 is 1.46 bits per heavy atom. The number of hydrogen-bond acceptors (Lipinski definition) is 3. The zero-order valence-corrected chi connectivity index (χ0v) is 15.9. The number of hydrogen-bond donors (Lipinski definition) is 2. The monoisotopic (exact) mass is 353 g/mol. The molecule has 0 saturated heterocycles. The highest BCUT2D eigenvalue weighted by Crippen LogP contribution is 2.23. The van der Waals surface area contributed by atoms with Gasteiger partial charge in [0.1, 0.15) is 11.4 Å². The summed E-state index contributed by atoms with van der Waals surface area (Å²) in [5.41, 5.74) is 3.50. The predicted octanol–water partition coefficient (Wildman–Crippen LogP) is 3.99. The van der Waals surface area contributed by atoms with Crippen molar-refractivity contribution in [1.29, 1.82) is 0 Å². The molecule has 0 fully saturated rings. The Morgan fingerprint density at radius 3 is 2.00 bits per heavy atom. The minimum absolute atomic E-state index is 0.0605. The van der Waals surface area contributed by atoms with E-state index < -0.39 is 0 Å². The zero-order chi connectivity index (χ0) is 19.1. The van der Waals surface area contributed by atoms with Crippen molar-refractivity contribution in [1.82, 2.24) is 10.3 Å². The summed E-state index contributed by atoms with van der Waals surface area (Å²) in [7, 11) is 0. The SMILES string of the molecule is CCc1cccc(CC)c1NC(=O)c1cccc(C(=O)NC(C)CC)n1. The van der Waals surface area contributed by atoms with Crippen molar-refractivity contribution in [3.05, 3.63) is 58.9 Å². The molecule has 2 amide bonds. The lowest BCUT2D eigenvalue weighted by atomic mass is 10.0. The molecule has 5 heteroatoms. The Kier molecular flexibility index (Phi) is 6.89. The number of nitrogens with zero attached hydrogens (tertiary/aromatic N) is 1. The van der Waals surface area contributed by atoms with Crippen LogP contribution in [0.4, 0.5) is 5.69 Å². The van der Waals surface area contributed by atoms with Crippen LogP contribution in [0.15, 0.2) is 36.4 Å². The van der Waals surface area contributed by atoms with E-state index >= 15 is 0 Å². The standard InChI is InChI=1S/C21H27N3O2/c1-5-14(4)22-20(25)17-12-9-13-18(23-17)21(26)24-19-15(6-2)10-8-11-16(19)7-3/h8-14H,5-7H2,1-4H3,(H,22,25)(H,24,26). The lowest BCUT2D eigenvalue weighted by molar-refractivity contribution is 0.0934. The lowest BCUT2D eigenvalue weighted by Gasteiger charge is -2.15. The van der Waals surface area contributed by atoms with Crippen LogP contribution in [0.2, 0.25) is 0 Å². The highest BCUT2D eigenvalue weighted by molar-refractivity contribution is 6.04. The van der Waals surface area contributed by atoms with E-state index in [1.54, 1.807) is 18.2 Å². The third kappa shape index (κ3) is 4.69. The second-order valence-electron chi connectivity index (χ2n) is 6.30. The summed E-state index contributed by atoms with van der Waals surface area (Å²) in [6.45, 7) is 8.05. The molecule has 1 heterocycles. The van der Waals surface area contributed by atoms with Crippen LogP contribution in [-0.2, 0) is 12.8 Å². The molecule has 2 rings (SSSR count). The third-order valence-corrected chi connectivity index (χ3v) is 4.44. The number of benzene rings is 1. The molecule has 1 atom stereocenters. The molecule has 0 aliphatic heterocycles. The largest absolute Gasteiger partial charge is 0.348 e. The predicted molar refractivity (Wildman–Crippen MR) is 105 cm³/mol. The Balaban J connectivity index is 2.24. The van der Waals surface area contributed by atoms with Crippen molar-refractivity contribution in [3.63, 3.8) is 0 Å². The van der Waals surface area contributed by atoms with Gasteiger partial charge in [-0.1, -0.05) is 45.0 Å². The van der Waals surface area contributed by atoms with E-state index in [0.717, 1.165) is 36.1 Å². The molecule has 2 N–H and O–H groups in total. The number of aromatic nitrogens is 1. The van der Waals surface area contributed by atoms with E-state index in [2.05, 4.69) is 29.5 Å². The van der Waals surface area contributed by atoms with Gasteiger partial charge in [-0.2, -0.15) is 0 Å². The summed E-state index contributed by atoms with van der Waals surface area (Å²) in [6.07, 6.45) is 2.49. The summed E-state index contributed by atoms with van der Waals surface area (Å²) in [6, 6.07) is 11.0. The van der Waals surface area contributed by atoms with E-state index in [1.165, 1.54) is 0 Å². The summed E-state index contributed by atoms with van der Waals surface area (Å²) in [5, 5.41) is 5.85. The van der Waals surface area contributed by atoms with Crippen LogP contribution >= 0.6 is 0 Å². The maximum absolute atomic E-state index is 12.7.